The van der Waals surface area contributed by atoms with Gasteiger partial charge in [-0.3, -0.25) is 9.58 Å². The molecule has 2 rings (SSSR count). The van der Waals surface area contributed by atoms with E-state index in [1.165, 1.54) is 11.3 Å². The second-order valence-corrected chi connectivity index (χ2v) is 7.45. The van der Waals surface area contributed by atoms with Crippen LogP contribution in [0.15, 0.2) is 6.20 Å². The van der Waals surface area contributed by atoms with E-state index in [4.69, 9.17) is 0 Å². The molecule has 1 aromatic heterocycles. The molecule has 0 aromatic carbocycles. The summed E-state index contributed by atoms with van der Waals surface area (Å²) in [5, 5.41) is 15.3. The summed E-state index contributed by atoms with van der Waals surface area (Å²) in [5.74, 6) is 1.20. The second-order valence-electron chi connectivity index (χ2n) is 7.45. The molecule has 21 heavy (non-hydrogen) atoms. The van der Waals surface area contributed by atoms with Gasteiger partial charge in [0.1, 0.15) is 0 Å². The van der Waals surface area contributed by atoms with Crippen LogP contribution in [-0.2, 0) is 13.6 Å². The number of nitrogens with zero attached hydrogens (tertiary/aromatic N) is 3. The molecule has 4 heteroatoms. The third-order valence-electron chi connectivity index (χ3n) is 4.69. The molecule has 1 aliphatic rings. The van der Waals surface area contributed by atoms with Gasteiger partial charge in [0, 0.05) is 31.9 Å². The standard InChI is InChI=1S/C17H31N3O/c1-13(2)16-15(11-20(5)18-16)10-19(4)12-17(21)8-6-14(3)7-9-17/h11,13-14,21H,6-10,12H2,1-5H3. The van der Waals surface area contributed by atoms with Crippen LogP contribution in [0.4, 0.5) is 0 Å². The Labute approximate surface area is 129 Å². The third kappa shape index (κ3) is 4.30. The monoisotopic (exact) mass is 293 g/mol. The lowest BCUT2D eigenvalue weighted by atomic mass is 9.79. The number of aliphatic hydroxyl groups is 1. The van der Waals surface area contributed by atoms with E-state index in [9.17, 15) is 5.11 Å². The topological polar surface area (TPSA) is 41.3 Å². The van der Waals surface area contributed by atoms with Crippen LogP contribution in [0, 0.1) is 5.92 Å². The molecule has 0 bridgehead atoms. The quantitative estimate of drug-likeness (QED) is 0.907. The van der Waals surface area contributed by atoms with Crippen LogP contribution in [0.25, 0.3) is 0 Å². The fourth-order valence-corrected chi connectivity index (χ4v) is 3.47. The molecule has 0 aliphatic heterocycles. The zero-order valence-corrected chi connectivity index (χ0v) is 14.3. The minimum absolute atomic E-state index is 0.438. The van der Waals surface area contributed by atoms with E-state index in [1.54, 1.807) is 0 Å². The SMILES string of the molecule is CC1CCC(O)(CN(C)Cc2cn(C)nc2C(C)C)CC1. The fourth-order valence-electron chi connectivity index (χ4n) is 3.47. The first-order valence-corrected chi connectivity index (χ1v) is 8.22. The summed E-state index contributed by atoms with van der Waals surface area (Å²) in [6, 6.07) is 0. The molecule has 4 nitrogen and oxygen atoms in total. The average molecular weight is 293 g/mol. The Bertz CT molecular complexity index is 459. The number of hydrogen-bond donors (Lipinski definition) is 1. The molecule has 1 fully saturated rings. The van der Waals surface area contributed by atoms with E-state index in [0.29, 0.717) is 5.92 Å². The van der Waals surface area contributed by atoms with Crippen LogP contribution < -0.4 is 0 Å². The number of hydrogen-bond acceptors (Lipinski definition) is 3. The molecule has 1 heterocycles. The van der Waals surface area contributed by atoms with Crippen molar-refractivity contribution >= 4 is 0 Å². The summed E-state index contributed by atoms with van der Waals surface area (Å²) in [7, 11) is 4.08. The van der Waals surface area contributed by atoms with Gasteiger partial charge in [-0.15, -0.1) is 0 Å². The van der Waals surface area contributed by atoms with Gasteiger partial charge in [-0.1, -0.05) is 20.8 Å². The summed E-state index contributed by atoms with van der Waals surface area (Å²) in [4.78, 5) is 2.25. The maximum Gasteiger partial charge on any atom is 0.0774 e. The van der Waals surface area contributed by atoms with Gasteiger partial charge in [-0.2, -0.15) is 5.10 Å². The van der Waals surface area contributed by atoms with E-state index in [2.05, 4.69) is 44.0 Å². The van der Waals surface area contributed by atoms with Gasteiger partial charge in [0.25, 0.3) is 0 Å². The molecule has 0 unspecified atom stereocenters. The van der Waals surface area contributed by atoms with Gasteiger partial charge in [0.2, 0.25) is 0 Å². The van der Waals surface area contributed by atoms with Crippen molar-refractivity contribution in [2.75, 3.05) is 13.6 Å². The highest BCUT2D eigenvalue weighted by Gasteiger charge is 2.33. The Morgan fingerprint density at radius 1 is 1.43 bits per heavy atom. The molecule has 1 N–H and O–H groups in total. The van der Waals surface area contributed by atoms with Gasteiger partial charge < -0.3 is 5.11 Å². The van der Waals surface area contributed by atoms with Crippen molar-refractivity contribution in [1.29, 1.82) is 0 Å². The summed E-state index contributed by atoms with van der Waals surface area (Å²) >= 11 is 0. The van der Waals surface area contributed by atoms with E-state index < -0.39 is 5.60 Å². The van der Waals surface area contributed by atoms with Gasteiger partial charge in [0.05, 0.1) is 11.3 Å². The predicted octanol–water partition coefficient (Wildman–Crippen LogP) is 2.92. The fraction of sp³-hybridized carbons (Fsp3) is 0.824. The number of rotatable bonds is 5. The number of aromatic nitrogens is 2. The molecule has 1 aliphatic carbocycles. The van der Waals surface area contributed by atoms with E-state index in [1.807, 2.05) is 11.7 Å². The Kier molecular flexibility index (Phi) is 5.10. The Balaban J connectivity index is 1.97. The first-order valence-electron chi connectivity index (χ1n) is 8.22. The number of likely N-dealkylation sites (N-methyl/N-ethyl adjacent to an activating group) is 1. The van der Waals surface area contributed by atoms with Crippen LogP contribution >= 0.6 is 0 Å². The minimum Gasteiger partial charge on any atom is -0.389 e. The minimum atomic E-state index is -0.499. The maximum absolute atomic E-state index is 10.8. The first-order chi connectivity index (χ1) is 9.79. The summed E-state index contributed by atoms with van der Waals surface area (Å²) in [5.41, 5.74) is 1.96. The van der Waals surface area contributed by atoms with Crippen molar-refractivity contribution in [3.05, 3.63) is 17.5 Å². The molecule has 1 aromatic rings. The summed E-state index contributed by atoms with van der Waals surface area (Å²) < 4.78 is 1.90. The van der Waals surface area contributed by atoms with Crippen molar-refractivity contribution in [3.8, 4) is 0 Å². The largest absolute Gasteiger partial charge is 0.389 e. The normalized spacial score (nSPS) is 26.8. The molecule has 0 amide bonds. The molecule has 0 atom stereocenters. The van der Waals surface area contributed by atoms with Crippen LogP contribution in [-0.4, -0.2) is 39.0 Å². The van der Waals surface area contributed by atoms with E-state index in [0.717, 1.165) is 44.7 Å². The van der Waals surface area contributed by atoms with Crippen molar-refractivity contribution < 1.29 is 5.11 Å². The molecule has 0 radical (unpaired) electrons. The molecular weight excluding hydrogens is 262 g/mol. The molecular formula is C17H31N3O. The van der Waals surface area contributed by atoms with Gasteiger partial charge in [0.15, 0.2) is 0 Å². The Morgan fingerprint density at radius 3 is 2.62 bits per heavy atom. The highest BCUT2D eigenvalue weighted by atomic mass is 16.3. The lowest BCUT2D eigenvalue weighted by molar-refractivity contribution is -0.0315. The Morgan fingerprint density at radius 2 is 2.05 bits per heavy atom. The highest BCUT2D eigenvalue weighted by molar-refractivity contribution is 5.20. The summed E-state index contributed by atoms with van der Waals surface area (Å²) in [6.07, 6.45) is 6.27. The lowest BCUT2D eigenvalue weighted by Crippen LogP contribution is -2.43. The predicted molar refractivity (Wildman–Crippen MR) is 86.2 cm³/mol. The van der Waals surface area contributed by atoms with Crippen molar-refractivity contribution in [2.45, 2.75) is 64.5 Å². The first kappa shape index (κ1) is 16.5. The highest BCUT2D eigenvalue weighted by Crippen LogP contribution is 2.32. The smallest absolute Gasteiger partial charge is 0.0774 e. The van der Waals surface area contributed by atoms with Crippen molar-refractivity contribution in [1.82, 2.24) is 14.7 Å². The van der Waals surface area contributed by atoms with Gasteiger partial charge >= 0.3 is 0 Å². The molecule has 120 valence electrons. The van der Waals surface area contributed by atoms with Crippen LogP contribution in [0.3, 0.4) is 0 Å². The van der Waals surface area contributed by atoms with Gasteiger partial charge in [-0.25, -0.2) is 0 Å². The zero-order chi connectivity index (χ0) is 15.6. The second kappa shape index (κ2) is 6.49. The maximum atomic E-state index is 10.8. The lowest BCUT2D eigenvalue weighted by Gasteiger charge is -2.37. The van der Waals surface area contributed by atoms with Crippen LogP contribution in [0.2, 0.25) is 0 Å². The van der Waals surface area contributed by atoms with E-state index in [-0.39, 0.29) is 0 Å². The van der Waals surface area contributed by atoms with Crippen molar-refractivity contribution in [3.63, 3.8) is 0 Å². The number of aryl methyl sites for hydroxylation is 1. The summed E-state index contributed by atoms with van der Waals surface area (Å²) in [6.45, 7) is 8.27. The zero-order valence-electron chi connectivity index (χ0n) is 14.3. The Hall–Kier alpha value is -0.870. The average Bonchev–Trinajstić information content (AvgIpc) is 2.74. The van der Waals surface area contributed by atoms with E-state index >= 15 is 0 Å². The van der Waals surface area contributed by atoms with Crippen molar-refractivity contribution in [2.24, 2.45) is 13.0 Å². The third-order valence-corrected chi connectivity index (χ3v) is 4.69. The van der Waals surface area contributed by atoms with Crippen LogP contribution in [0.5, 0.6) is 0 Å². The molecule has 1 saturated carbocycles. The molecule has 0 saturated heterocycles. The van der Waals surface area contributed by atoms with Gasteiger partial charge in [-0.05, 0) is 44.6 Å². The molecule has 0 spiro atoms. The van der Waals surface area contributed by atoms with Crippen LogP contribution in [0.1, 0.15) is 63.6 Å².